The maximum Gasteiger partial charge on any atom is 0.241 e. The normalized spacial score (nSPS) is 13.9. The van der Waals surface area contributed by atoms with E-state index in [-0.39, 0.29) is 11.3 Å². The summed E-state index contributed by atoms with van der Waals surface area (Å²) < 4.78 is 28.5. The largest absolute Gasteiger partial charge is 0.388 e. The summed E-state index contributed by atoms with van der Waals surface area (Å²) in [5, 5.41) is 10.6. The molecule has 0 bridgehead atoms. The molecule has 0 heterocycles. The minimum Gasteiger partial charge on any atom is -0.388 e. The number of aliphatic hydroxyl groups is 1. The average molecular weight is 381 g/mol. The van der Waals surface area contributed by atoms with Gasteiger partial charge in [0.2, 0.25) is 10.0 Å². The van der Waals surface area contributed by atoms with Gasteiger partial charge >= 0.3 is 0 Å². The fraction of sp³-hybridized carbons (Fsp3) is 0.182. The van der Waals surface area contributed by atoms with Crippen LogP contribution in [0.2, 0.25) is 0 Å². The number of nitrogens with one attached hydrogen (secondary N) is 1. The molecule has 2 N–H and O–H groups in total. The molecule has 3 rings (SSSR count). The molecule has 0 aromatic heterocycles. The first kappa shape index (κ1) is 19.3. The first-order chi connectivity index (χ1) is 13.0. The number of aryl methyl sites for hydroxylation is 1. The van der Waals surface area contributed by atoms with Gasteiger partial charge in [-0.1, -0.05) is 78.4 Å². The van der Waals surface area contributed by atoms with Crippen molar-refractivity contribution in [2.45, 2.75) is 30.4 Å². The second kappa shape index (κ2) is 8.48. The fourth-order valence-corrected chi connectivity index (χ4v) is 4.18. The van der Waals surface area contributed by atoms with Crippen LogP contribution in [0.1, 0.15) is 35.3 Å². The second-order valence-electron chi connectivity index (χ2n) is 6.56. The molecule has 2 atom stereocenters. The van der Waals surface area contributed by atoms with Crippen molar-refractivity contribution >= 4 is 10.0 Å². The third kappa shape index (κ3) is 5.04. The van der Waals surface area contributed by atoms with Gasteiger partial charge in [-0.25, -0.2) is 13.1 Å². The van der Waals surface area contributed by atoms with Crippen molar-refractivity contribution in [2.75, 3.05) is 0 Å². The topological polar surface area (TPSA) is 66.4 Å². The van der Waals surface area contributed by atoms with Gasteiger partial charge in [0.15, 0.2) is 0 Å². The second-order valence-corrected chi connectivity index (χ2v) is 8.27. The van der Waals surface area contributed by atoms with Crippen molar-refractivity contribution in [3.8, 4) is 0 Å². The Labute approximate surface area is 160 Å². The van der Waals surface area contributed by atoms with Crippen molar-refractivity contribution in [3.63, 3.8) is 0 Å². The van der Waals surface area contributed by atoms with E-state index in [9.17, 15) is 13.5 Å². The summed E-state index contributed by atoms with van der Waals surface area (Å²) in [6, 6.07) is 24.7. The molecule has 0 unspecified atom stereocenters. The van der Waals surface area contributed by atoms with Crippen molar-refractivity contribution in [1.29, 1.82) is 0 Å². The molecular weight excluding hydrogens is 358 g/mol. The lowest BCUT2D eigenvalue weighted by Crippen LogP contribution is -2.30. The molecule has 0 fully saturated rings. The zero-order chi connectivity index (χ0) is 19.3. The molecular formula is C22H23NO3S. The van der Waals surface area contributed by atoms with Crippen LogP contribution in [0.5, 0.6) is 0 Å². The highest BCUT2D eigenvalue weighted by Gasteiger charge is 2.24. The summed E-state index contributed by atoms with van der Waals surface area (Å²) in [7, 11) is -3.71. The Morgan fingerprint density at radius 2 is 1.33 bits per heavy atom. The number of aliphatic hydroxyl groups excluding tert-OH is 1. The monoisotopic (exact) mass is 381 g/mol. The zero-order valence-electron chi connectivity index (χ0n) is 15.1. The van der Waals surface area contributed by atoms with Gasteiger partial charge in [-0.3, -0.25) is 0 Å². The van der Waals surface area contributed by atoms with Crippen LogP contribution in [0, 0.1) is 6.92 Å². The van der Waals surface area contributed by atoms with Gasteiger partial charge in [-0.15, -0.1) is 0 Å². The predicted molar refractivity (Wildman–Crippen MR) is 107 cm³/mol. The standard InChI is InChI=1S/C22H23NO3S/c1-17-12-14-20(15-13-17)27(25,26)23-21(18-8-4-2-5-9-18)16-22(24)19-10-6-3-7-11-19/h2-15,21-24H,16H2,1H3/t21-,22-/m1/s1. The number of hydrogen-bond donors (Lipinski definition) is 2. The molecule has 0 spiro atoms. The van der Waals surface area contributed by atoms with Crippen LogP contribution >= 0.6 is 0 Å². The van der Waals surface area contributed by atoms with Gasteiger partial charge in [-0.05, 0) is 36.6 Å². The van der Waals surface area contributed by atoms with Crippen molar-refractivity contribution < 1.29 is 13.5 Å². The zero-order valence-corrected chi connectivity index (χ0v) is 15.9. The number of hydrogen-bond acceptors (Lipinski definition) is 3. The Morgan fingerprint density at radius 1 is 0.815 bits per heavy atom. The van der Waals surface area contributed by atoms with E-state index >= 15 is 0 Å². The lowest BCUT2D eigenvalue weighted by atomic mass is 9.97. The van der Waals surface area contributed by atoms with Gasteiger partial charge < -0.3 is 5.11 Å². The summed E-state index contributed by atoms with van der Waals surface area (Å²) in [4.78, 5) is 0.211. The van der Waals surface area contributed by atoms with Gasteiger partial charge in [0, 0.05) is 6.04 Å². The molecule has 140 valence electrons. The minimum absolute atomic E-state index is 0.211. The van der Waals surface area contributed by atoms with Gasteiger partial charge in [0.1, 0.15) is 0 Å². The highest BCUT2D eigenvalue weighted by molar-refractivity contribution is 7.89. The molecule has 0 radical (unpaired) electrons. The summed E-state index contributed by atoms with van der Waals surface area (Å²) in [6.45, 7) is 1.91. The number of rotatable bonds is 7. The van der Waals surface area contributed by atoms with Crippen LogP contribution in [0.25, 0.3) is 0 Å². The third-order valence-electron chi connectivity index (χ3n) is 4.47. The Balaban J connectivity index is 1.87. The van der Waals surface area contributed by atoms with E-state index in [1.165, 1.54) is 0 Å². The fourth-order valence-electron chi connectivity index (χ4n) is 2.94. The average Bonchev–Trinajstić information content (AvgIpc) is 2.69. The van der Waals surface area contributed by atoms with E-state index in [2.05, 4.69) is 4.72 Å². The van der Waals surface area contributed by atoms with Crippen LogP contribution in [0.4, 0.5) is 0 Å². The maximum absolute atomic E-state index is 12.9. The summed E-state index contributed by atoms with van der Waals surface area (Å²) in [6.07, 6.45) is -0.545. The molecule has 3 aromatic carbocycles. The van der Waals surface area contributed by atoms with Crippen molar-refractivity contribution in [3.05, 3.63) is 102 Å². The SMILES string of the molecule is Cc1ccc(S(=O)(=O)N[C@H](C[C@@H](O)c2ccccc2)c2ccccc2)cc1. The highest BCUT2D eigenvalue weighted by atomic mass is 32.2. The molecule has 0 saturated heterocycles. The molecule has 0 saturated carbocycles. The Morgan fingerprint density at radius 3 is 1.89 bits per heavy atom. The third-order valence-corrected chi connectivity index (χ3v) is 5.96. The maximum atomic E-state index is 12.9. The van der Waals surface area contributed by atoms with E-state index < -0.39 is 22.2 Å². The molecule has 0 amide bonds. The predicted octanol–water partition coefficient (Wildman–Crippen LogP) is 4.14. The Bertz CT molecular complexity index is 955. The van der Waals surface area contributed by atoms with Crippen LogP contribution < -0.4 is 4.72 Å². The van der Waals surface area contributed by atoms with E-state index in [0.29, 0.717) is 0 Å². The molecule has 4 nitrogen and oxygen atoms in total. The van der Waals surface area contributed by atoms with E-state index in [4.69, 9.17) is 0 Å². The lowest BCUT2D eigenvalue weighted by molar-refractivity contribution is 0.155. The summed E-state index contributed by atoms with van der Waals surface area (Å²) in [5.41, 5.74) is 2.56. The quantitative estimate of drug-likeness (QED) is 0.646. The first-order valence-corrected chi connectivity index (χ1v) is 10.3. The van der Waals surface area contributed by atoms with Crippen LogP contribution in [0.3, 0.4) is 0 Å². The molecule has 5 heteroatoms. The van der Waals surface area contributed by atoms with E-state index in [1.54, 1.807) is 24.3 Å². The molecule has 3 aromatic rings. The van der Waals surface area contributed by atoms with E-state index in [0.717, 1.165) is 16.7 Å². The highest BCUT2D eigenvalue weighted by Crippen LogP contribution is 2.28. The molecule has 0 aliphatic carbocycles. The summed E-state index contributed by atoms with van der Waals surface area (Å²) in [5.74, 6) is 0. The van der Waals surface area contributed by atoms with E-state index in [1.807, 2.05) is 67.6 Å². The summed E-state index contributed by atoms with van der Waals surface area (Å²) >= 11 is 0. The van der Waals surface area contributed by atoms with Crippen LogP contribution in [-0.4, -0.2) is 13.5 Å². The Kier molecular flexibility index (Phi) is 6.06. The van der Waals surface area contributed by atoms with Gasteiger partial charge in [-0.2, -0.15) is 0 Å². The van der Waals surface area contributed by atoms with Crippen LogP contribution in [0.15, 0.2) is 89.8 Å². The Hall–Kier alpha value is -2.47. The number of sulfonamides is 1. The van der Waals surface area contributed by atoms with Gasteiger partial charge in [0.05, 0.1) is 11.0 Å². The lowest BCUT2D eigenvalue weighted by Gasteiger charge is -2.22. The van der Waals surface area contributed by atoms with Gasteiger partial charge in [0.25, 0.3) is 0 Å². The first-order valence-electron chi connectivity index (χ1n) is 8.83. The molecule has 0 aliphatic heterocycles. The molecule has 27 heavy (non-hydrogen) atoms. The van der Waals surface area contributed by atoms with Crippen LogP contribution in [-0.2, 0) is 10.0 Å². The molecule has 0 aliphatic rings. The van der Waals surface area contributed by atoms with Crippen molar-refractivity contribution in [1.82, 2.24) is 4.72 Å². The smallest absolute Gasteiger partial charge is 0.241 e. The van der Waals surface area contributed by atoms with Crippen molar-refractivity contribution in [2.24, 2.45) is 0 Å². The number of benzene rings is 3. The minimum atomic E-state index is -3.71.